The van der Waals surface area contributed by atoms with Crippen molar-refractivity contribution in [2.24, 2.45) is 5.73 Å². The Morgan fingerprint density at radius 3 is 2.45 bits per heavy atom. The van der Waals surface area contributed by atoms with Crippen molar-refractivity contribution in [3.8, 4) is 11.5 Å². The van der Waals surface area contributed by atoms with Gasteiger partial charge >= 0.3 is 0 Å². The van der Waals surface area contributed by atoms with Gasteiger partial charge in [-0.15, -0.1) is 0 Å². The summed E-state index contributed by atoms with van der Waals surface area (Å²) in [7, 11) is 0. The number of benzene rings is 2. The molecule has 0 amide bonds. The van der Waals surface area contributed by atoms with Gasteiger partial charge in [-0.05, 0) is 25.1 Å². The highest BCUT2D eigenvalue weighted by Gasteiger charge is 2.09. The fourth-order valence-corrected chi connectivity index (χ4v) is 1.84. The van der Waals surface area contributed by atoms with Gasteiger partial charge < -0.3 is 15.2 Å². The highest BCUT2D eigenvalue weighted by Crippen LogP contribution is 2.24. The maximum atomic E-state index is 13.2. The number of nitrogens with two attached hydrogens (primary N) is 1. The van der Waals surface area contributed by atoms with Crippen molar-refractivity contribution in [3.63, 3.8) is 0 Å². The van der Waals surface area contributed by atoms with Gasteiger partial charge in [0.1, 0.15) is 30.5 Å². The zero-order valence-electron chi connectivity index (χ0n) is 11.4. The van der Waals surface area contributed by atoms with Gasteiger partial charge in [0, 0.05) is 17.7 Å². The van der Waals surface area contributed by atoms with Crippen LogP contribution in [0.2, 0.25) is 0 Å². The van der Waals surface area contributed by atoms with Crippen LogP contribution in [0, 0.1) is 5.82 Å². The summed E-state index contributed by atoms with van der Waals surface area (Å²) < 4.78 is 24.3. The molecule has 2 aromatic carbocycles. The van der Waals surface area contributed by atoms with Crippen molar-refractivity contribution in [3.05, 3.63) is 59.9 Å². The molecule has 0 radical (unpaired) electrons. The maximum absolute atomic E-state index is 13.2. The van der Waals surface area contributed by atoms with Gasteiger partial charge in [-0.1, -0.05) is 24.3 Å². The Kier molecular flexibility index (Phi) is 4.96. The Balaban J connectivity index is 1.89. The van der Waals surface area contributed by atoms with E-state index in [-0.39, 0.29) is 11.9 Å². The van der Waals surface area contributed by atoms with E-state index in [1.807, 2.05) is 37.3 Å². The summed E-state index contributed by atoms with van der Waals surface area (Å²) in [5.74, 6) is 0.910. The fraction of sp³-hybridized carbons (Fsp3) is 0.250. The molecule has 0 fully saturated rings. The lowest BCUT2D eigenvalue weighted by Gasteiger charge is -2.14. The predicted molar refractivity (Wildman–Crippen MR) is 76.4 cm³/mol. The van der Waals surface area contributed by atoms with E-state index in [4.69, 9.17) is 15.2 Å². The molecule has 0 aliphatic rings. The number of rotatable bonds is 6. The minimum Gasteiger partial charge on any atom is -0.490 e. The molecule has 2 aromatic rings. The molecule has 3 nitrogen and oxygen atoms in total. The highest BCUT2D eigenvalue weighted by molar-refractivity contribution is 5.36. The second kappa shape index (κ2) is 6.91. The van der Waals surface area contributed by atoms with Gasteiger partial charge in [0.2, 0.25) is 0 Å². The number of para-hydroxylation sites is 1. The summed E-state index contributed by atoms with van der Waals surface area (Å²) in [4.78, 5) is 0. The normalized spacial score (nSPS) is 11.9. The van der Waals surface area contributed by atoms with Crippen LogP contribution in [0.15, 0.2) is 48.5 Å². The molecule has 0 heterocycles. The Bertz CT molecular complexity index is 543. The average Bonchev–Trinajstić information content (AvgIpc) is 2.44. The Labute approximate surface area is 118 Å². The lowest BCUT2D eigenvalue weighted by Crippen LogP contribution is -2.13. The van der Waals surface area contributed by atoms with Crippen LogP contribution in [0.4, 0.5) is 4.39 Å². The van der Waals surface area contributed by atoms with Gasteiger partial charge in [-0.2, -0.15) is 0 Å². The fourth-order valence-electron chi connectivity index (χ4n) is 1.84. The zero-order valence-corrected chi connectivity index (χ0v) is 11.4. The standard InChI is InChI=1S/C16H18FNO2/c1-12(18)15-8-7-13(17)11-16(15)20-10-9-19-14-5-3-2-4-6-14/h2-8,11-12H,9-10,18H2,1H3/t12-/m0/s1. The van der Waals surface area contributed by atoms with Crippen molar-refractivity contribution in [2.75, 3.05) is 13.2 Å². The second-order valence-corrected chi connectivity index (χ2v) is 4.48. The minimum absolute atomic E-state index is 0.208. The number of hydrogen-bond donors (Lipinski definition) is 1. The highest BCUT2D eigenvalue weighted by atomic mass is 19.1. The van der Waals surface area contributed by atoms with Crippen LogP contribution in [0.1, 0.15) is 18.5 Å². The van der Waals surface area contributed by atoms with Crippen molar-refractivity contribution < 1.29 is 13.9 Å². The molecule has 106 valence electrons. The molecule has 0 saturated carbocycles. The number of hydrogen-bond acceptors (Lipinski definition) is 3. The first kappa shape index (κ1) is 14.3. The summed E-state index contributed by atoms with van der Waals surface area (Å²) in [6.45, 7) is 2.55. The lowest BCUT2D eigenvalue weighted by atomic mass is 10.1. The third-order valence-corrected chi connectivity index (χ3v) is 2.82. The van der Waals surface area contributed by atoms with Gasteiger partial charge in [0.15, 0.2) is 0 Å². The van der Waals surface area contributed by atoms with Crippen molar-refractivity contribution >= 4 is 0 Å². The Morgan fingerprint density at radius 2 is 1.75 bits per heavy atom. The summed E-state index contributed by atoms with van der Waals surface area (Å²) in [5, 5.41) is 0. The molecule has 4 heteroatoms. The van der Waals surface area contributed by atoms with Crippen molar-refractivity contribution in [2.45, 2.75) is 13.0 Å². The number of ether oxygens (including phenoxy) is 2. The molecule has 0 bridgehead atoms. The summed E-state index contributed by atoms with van der Waals surface area (Å²) in [5.41, 5.74) is 6.61. The lowest BCUT2D eigenvalue weighted by molar-refractivity contribution is 0.215. The molecule has 0 aliphatic carbocycles. The minimum atomic E-state index is -0.339. The maximum Gasteiger partial charge on any atom is 0.127 e. The predicted octanol–water partition coefficient (Wildman–Crippen LogP) is 3.30. The molecule has 20 heavy (non-hydrogen) atoms. The van der Waals surface area contributed by atoms with Crippen LogP contribution in [-0.2, 0) is 0 Å². The van der Waals surface area contributed by atoms with Crippen LogP contribution in [0.5, 0.6) is 11.5 Å². The molecule has 2 rings (SSSR count). The average molecular weight is 275 g/mol. The van der Waals surface area contributed by atoms with E-state index in [0.717, 1.165) is 11.3 Å². The van der Waals surface area contributed by atoms with Crippen molar-refractivity contribution in [1.29, 1.82) is 0 Å². The molecule has 0 saturated heterocycles. The van der Waals surface area contributed by atoms with E-state index in [1.165, 1.54) is 12.1 Å². The first-order valence-corrected chi connectivity index (χ1v) is 6.52. The Hall–Kier alpha value is -2.07. The topological polar surface area (TPSA) is 44.5 Å². The van der Waals surface area contributed by atoms with E-state index in [2.05, 4.69) is 0 Å². The molecule has 2 N–H and O–H groups in total. The van der Waals surface area contributed by atoms with Crippen LogP contribution in [0.25, 0.3) is 0 Å². The molecular formula is C16H18FNO2. The summed E-state index contributed by atoms with van der Waals surface area (Å²) in [6.07, 6.45) is 0. The van der Waals surface area contributed by atoms with E-state index < -0.39 is 0 Å². The SMILES string of the molecule is C[C@H](N)c1ccc(F)cc1OCCOc1ccccc1. The first-order chi connectivity index (χ1) is 9.66. The molecule has 0 aliphatic heterocycles. The van der Waals surface area contributed by atoms with Crippen LogP contribution >= 0.6 is 0 Å². The third kappa shape index (κ3) is 3.96. The molecule has 0 unspecified atom stereocenters. The first-order valence-electron chi connectivity index (χ1n) is 6.52. The summed E-state index contributed by atoms with van der Waals surface area (Å²) in [6, 6.07) is 13.6. The van der Waals surface area contributed by atoms with Crippen LogP contribution in [-0.4, -0.2) is 13.2 Å². The Morgan fingerprint density at radius 1 is 1.05 bits per heavy atom. The third-order valence-electron chi connectivity index (χ3n) is 2.82. The monoisotopic (exact) mass is 275 g/mol. The van der Waals surface area contributed by atoms with E-state index in [1.54, 1.807) is 6.07 Å². The quantitative estimate of drug-likeness (QED) is 0.823. The molecule has 0 aromatic heterocycles. The molecule has 0 spiro atoms. The van der Waals surface area contributed by atoms with Gasteiger partial charge in [-0.25, -0.2) is 4.39 Å². The van der Waals surface area contributed by atoms with E-state index in [0.29, 0.717) is 19.0 Å². The van der Waals surface area contributed by atoms with Crippen LogP contribution < -0.4 is 15.2 Å². The van der Waals surface area contributed by atoms with Gasteiger partial charge in [0.05, 0.1) is 0 Å². The van der Waals surface area contributed by atoms with E-state index >= 15 is 0 Å². The smallest absolute Gasteiger partial charge is 0.127 e. The second-order valence-electron chi connectivity index (χ2n) is 4.48. The van der Waals surface area contributed by atoms with Gasteiger partial charge in [0.25, 0.3) is 0 Å². The van der Waals surface area contributed by atoms with E-state index in [9.17, 15) is 4.39 Å². The van der Waals surface area contributed by atoms with Crippen LogP contribution in [0.3, 0.4) is 0 Å². The molecular weight excluding hydrogens is 257 g/mol. The summed E-state index contributed by atoms with van der Waals surface area (Å²) >= 11 is 0. The number of halogens is 1. The van der Waals surface area contributed by atoms with Crippen molar-refractivity contribution in [1.82, 2.24) is 0 Å². The molecule has 1 atom stereocenters. The van der Waals surface area contributed by atoms with Gasteiger partial charge in [-0.3, -0.25) is 0 Å². The zero-order chi connectivity index (χ0) is 14.4. The largest absolute Gasteiger partial charge is 0.490 e.